The molecule has 0 aliphatic heterocycles. The quantitative estimate of drug-likeness (QED) is 0.230. The fraction of sp³-hybridized carbons (Fsp3) is 0. The van der Waals surface area contributed by atoms with Crippen molar-refractivity contribution in [2.75, 3.05) is 0 Å². The highest BCUT2D eigenvalue weighted by Gasteiger charge is 2.19. The van der Waals surface area contributed by atoms with E-state index in [9.17, 15) is 0 Å². The van der Waals surface area contributed by atoms with E-state index < -0.39 is 0 Å². The van der Waals surface area contributed by atoms with Gasteiger partial charge in [-0.1, -0.05) is 48.5 Å². The molecule has 0 fully saturated rings. The Balaban J connectivity index is 1.45. The second kappa shape index (κ2) is 6.93. The van der Waals surface area contributed by atoms with Crippen LogP contribution >= 0.6 is 11.3 Å². The number of thiophene rings is 1. The molecule has 4 nitrogen and oxygen atoms in total. The van der Waals surface area contributed by atoms with E-state index in [1.165, 1.54) is 42.0 Å². The van der Waals surface area contributed by atoms with E-state index in [1.807, 2.05) is 23.5 Å². The summed E-state index contributed by atoms with van der Waals surface area (Å²) in [5, 5.41) is 7.25. The van der Waals surface area contributed by atoms with Gasteiger partial charge in [0.15, 0.2) is 0 Å². The van der Waals surface area contributed by atoms with Crippen LogP contribution in [0.15, 0.2) is 108 Å². The van der Waals surface area contributed by atoms with E-state index in [-0.39, 0.29) is 0 Å². The molecule has 172 valence electrons. The van der Waals surface area contributed by atoms with Crippen molar-refractivity contribution in [2.45, 2.75) is 0 Å². The zero-order valence-corrected chi connectivity index (χ0v) is 20.3. The van der Waals surface area contributed by atoms with E-state index in [2.05, 4.69) is 93.4 Å². The van der Waals surface area contributed by atoms with Gasteiger partial charge in [-0.15, -0.1) is 11.3 Å². The van der Waals surface area contributed by atoms with E-state index >= 15 is 0 Å². The third kappa shape index (κ3) is 2.56. The minimum absolute atomic E-state index is 0.907. The summed E-state index contributed by atoms with van der Waals surface area (Å²) in [6.07, 6.45) is 3.52. The van der Waals surface area contributed by atoms with Crippen molar-refractivity contribution in [3.8, 4) is 5.69 Å². The molecular formula is C32H17N3OS. The van der Waals surface area contributed by atoms with Gasteiger partial charge in [0, 0.05) is 55.1 Å². The van der Waals surface area contributed by atoms with Crippen LogP contribution in [0.4, 0.5) is 0 Å². The van der Waals surface area contributed by atoms with Crippen LogP contribution in [0, 0.1) is 0 Å². The van der Waals surface area contributed by atoms with Crippen LogP contribution in [-0.4, -0.2) is 14.5 Å². The van der Waals surface area contributed by atoms with Crippen LogP contribution in [0.2, 0.25) is 0 Å². The van der Waals surface area contributed by atoms with Crippen LogP contribution in [-0.2, 0) is 0 Å². The Bertz CT molecular complexity index is 2370. The molecule has 0 saturated heterocycles. The van der Waals surface area contributed by atoms with Gasteiger partial charge in [0.2, 0.25) is 0 Å². The first-order valence-corrected chi connectivity index (χ1v) is 13.1. The summed E-state index contributed by atoms with van der Waals surface area (Å²) in [5.74, 6) is 0. The number of hydrogen-bond acceptors (Lipinski definition) is 4. The standard InChI is InChI=1S/C32H17N3OS/c1-3-7-27-19(5-1)21-10-11-22-24-16-25-26(34-14-13-33-25)17-30(24)37-32(22)31(21)35(27)18-9-12-29-23(15-18)20-6-2-4-8-28(20)36-29/h1-17H. The highest BCUT2D eigenvalue weighted by Crippen LogP contribution is 2.44. The van der Waals surface area contributed by atoms with Crippen LogP contribution in [0.1, 0.15) is 0 Å². The van der Waals surface area contributed by atoms with Gasteiger partial charge in [-0.3, -0.25) is 9.97 Å². The Morgan fingerprint density at radius 1 is 0.595 bits per heavy atom. The molecule has 0 aliphatic rings. The van der Waals surface area contributed by atoms with Gasteiger partial charge in [-0.05, 0) is 42.5 Å². The number of para-hydroxylation sites is 2. The normalized spacial score (nSPS) is 12.3. The van der Waals surface area contributed by atoms with Crippen LogP contribution in [0.5, 0.6) is 0 Å². The molecule has 0 saturated carbocycles. The molecule has 9 aromatic rings. The van der Waals surface area contributed by atoms with Crippen LogP contribution in [0.3, 0.4) is 0 Å². The van der Waals surface area contributed by atoms with E-state index in [0.717, 1.165) is 38.7 Å². The summed E-state index contributed by atoms with van der Waals surface area (Å²) in [6, 6.07) is 32.4. The fourth-order valence-corrected chi connectivity index (χ4v) is 7.12. The van der Waals surface area contributed by atoms with Gasteiger partial charge in [0.25, 0.3) is 0 Å². The lowest BCUT2D eigenvalue weighted by atomic mass is 10.1. The number of rotatable bonds is 1. The number of aromatic nitrogens is 3. The summed E-state index contributed by atoms with van der Waals surface area (Å²) in [6.45, 7) is 0. The highest BCUT2D eigenvalue weighted by atomic mass is 32.1. The maximum absolute atomic E-state index is 6.13. The van der Waals surface area contributed by atoms with Crippen molar-refractivity contribution < 1.29 is 4.42 Å². The molecule has 0 radical (unpaired) electrons. The van der Waals surface area contributed by atoms with Gasteiger partial charge in [-0.2, -0.15) is 0 Å². The maximum atomic E-state index is 6.13. The van der Waals surface area contributed by atoms with Gasteiger partial charge in [0.05, 0.1) is 26.8 Å². The van der Waals surface area contributed by atoms with Gasteiger partial charge >= 0.3 is 0 Å². The van der Waals surface area contributed by atoms with Crippen molar-refractivity contribution in [3.63, 3.8) is 0 Å². The second-order valence-electron chi connectivity index (χ2n) is 9.47. The number of furan rings is 1. The number of nitrogens with zero attached hydrogens (tertiary/aromatic N) is 3. The van der Waals surface area contributed by atoms with Crippen molar-refractivity contribution in [2.24, 2.45) is 0 Å². The third-order valence-corrected chi connectivity index (χ3v) is 8.66. The molecule has 5 aromatic carbocycles. The number of benzene rings is 5. The first-order valence-electron chi connectivity index (χ1n) is 12.2. The van der Waals surface area contributed by atoms with Crippen molar-refractivity contribution >= 4 is 86.3 Å². The summed E-state index contributed by atoms with van der Waals surface area (Å²) in [5.41, 5.74) is 7.23. The molecule has 0 N–H and O–H groups in total. The Hall–Kier alpha value is -4.74. The molecule has 0 bridgehead atoms. The lowest BCUT2D eigenvalue weighted by molar-refractivity contribution is 0.669. The molecule has 0 amide bonds. The highest BCUT2D eigenvalue weighted by molar-refractivity contribution is 7.26. The van der Waals surface area contributed by atoms with Crippen LogP contribution in [0.25, 0.3) is 80.6 Å². The van der Waals surface area contributed by atoms with Crippen molar-refractivity contribution in [3.05, 3.63) is 103 Å². The zero-order valence-electron chi connectivity index (χ0n) is 19.5. The lowest BCUT2D eigenvalue weighted by Crippen LogP contribution is -1.93. The zero-order chi connectivity index (χ0) is 24.1. The second-order valence-corrected chi connectivity index (χ2v) is 10.5. The minimum atomic E-state index is 0.907. The number of fused-ring (bicyclic) bond motifs is 11. The average Bonchev–Trinajstić information content (AvgIpc) is 3.60. The molecule has 9 rings (SSSR count). The Kier molecular flexibility index (Phi) is 3.64. The molecule has 0 atom stereocenters. The maximum Gasteiger partial charge on any atom is 0.135 e. The Morgan fingerprint density at radius 2 is 1.35 bits per heavy atom. The number of hydrogen-bond donors (Lipinski definition) is 0. The van der Waals surface area contributed by atoms with Crippen LogP contribution < -0.4 is 0 Å². The predicted octanol–water partition coefficient (Wildman–Crippen LogP) is 8.99. The SMILES string of the molecule is c1ccc2c(c1)oc1ccc(-n3c4ccccc4c4ccc5c6cc7nccnc7cc6sc5c43)cc12. The van der Waals surface area contributed by atoms with Crippen molar-refractivity contribution in [1.29, 1.82) is 0 Å². The average molecular weight is 492 g/mol. The first-order chi connectivity index (χ1) is 18.3. The Labute approximate surface area is 214 Å². The molecule has 0 unspecified atom stereocenters. The van der Waals surface area contributed by atoms with E-state index in [4.69, 9.17) is 4.42 Å². The van der Waals surface area contributed by atoms with Gasteiger partial charge in [0.1, 0.15) is 11.2 Å². The first kappa shape index (κ1) is 19.4. The summed E-state index contributed by atoms with van der Waals surface area (Å²) in [7, 11) is 0. The van der Waals surface area contributed by atoms with Crippen molar-refractivity contribution in [1.82, 2.24) is 14.5 Å². The molecule has 5 heteroatoms. The topological polar surface area (TPSA) is 43.9 Å². The molecule has 37 heavy (non-hydrogen) atoms. The van der Waals surface area contributed by atoms with E-state index in [0.29, 0.717) is 0 Å². The summed E-state index contributed by atoms with van der Waals surface area (Å²) in [4.78, 5) is 9.10. The molecule has 4 heterocycles. The van der Waals surface area contributed by atoms with E-state index in [1.54, 1.807) is 12.4 Å². The smallest absolute Gasteiger partial charge is 0.135 e. The predicted molar refractivity (Wildman–Crippen MR) is 154 cm³/mol. The Morgan fingerprint density at radius 3 is 2.27 bits per heavy atom. The van der Waals surface area contributed by atoms with Gasteiger partial charge < -0.3 is 8.98 Å². The third-order valence-electron chi connectivity index (χ3n) is 7.48. The lowest BCUT2D eigenvalue weighted by Gasteiger charge is -2.09. The fourth-order valence-electron chi connectivity index (χ4n) is 5.86. The molecule has 4 aromatic heterocycles. The largest absolute Gasteiger partial charge is 0.456 e. The summed E-state index contributed by atoms with van der Waals surface area (Å²) < 4.78 is 11.0. The monoisotopic (exact) mass is 491 g/mol. The minimum Gasteiger partial charge on any atom is -0.456 e. The van der Waals surface area contributed by atoms with Gasteiger partial charge in [-0.25, -0.2) is 0 Å². The molecule has 0 aliphatic carbocycles. The summed E-state index contributed by atoms with van der Waals surface area (Å²) >= 11 is 1.83. The molecular weight excluding hydrogens is 474 g/mol. The molecule has 0 spiro atoms.